The van der Waals surface area contributed by atoms with Crippen LogP contribution in [-0.2, 0) is 36.7 Å². The van der Waals surface area contributed by atoms with Gasteiger partial charge in [-0.05, 0) is 72.6 Å². The Kier molecular flexibility index (Phi) is 12.4. The molecular formula is C40H51N3O6. The highest BCUT2D eigenvalue weighted by Crippen LogP contribution is 2.40. The van der Waals surface area contributed by atoms with Crippen LogP contribution in [0.15, 0.2) is 78.9 Å². The van der Waals surface area contributed by atoms with Gasteiger partial charge >= 0.3 is 6.09 Å². The zero-order valence-corrected chi connectivity index (χ0v) is 28.9. The molecule has 262 valence electrons. The Labute approximate surface area is 290 Å². The van der Waals surface area contributed by atoms with Crippen molar-refractivity contribution in [2.75, 3.05) is 58.9 Å². The molecule has 3 aliphatic rings. The smallest absolute Gasteiger partial charge is 0.411 e. The number of benzene rings is 3. The molecule has 3 atom stereocenters. The average Bonchev–Trinajstić information content (AvgIpc) is 3.76. The third kappa shape index (κ3) is 10.1. The van der Waals surface area contributed by atoms with Gasteiger partial charge in [0.25, 0.3) is 0 Å². The van der Waals surface area contributed by atoms with Gasteiger partial charge < -0.3 is 23.8 Å². The number of anilines is 1. The van der Waals surface area contributed by atoms with Crippen LogP contribution in [0, 0.1) is 17.8 Å². The summed E-state index contributed by atoms with van der Waals surface area (Å²) in [6, 6.07) is 26.7. The van der Waals surface area contributed by atoms with Crippen LogP contribution in [0.25, 0.3) is 11.1 Å². The van der Waals surface area contributed by atoms with Crippen LogP contribution in [-0.4, -0.2) is 87.8 Å². The van der Waals surface area contributed by atoms with Gasteiger partial charge in [0.05, 0.1) is 31.9 Å². The molecule has 6 rings (SSSR count). The predicted molar refractivity (Wildman–Crippen MR) is 190 cm³/mol. The lowest BCUT2D eigenvalue weighted by Gasteiger charge is -2.26. The third-order valence-corrected chi connectivity index (χ3v) is 10.2. The van der Waals surface area contributed by atoms with E-state index in [4.69, 9.17) is 18.9 Å². The number of nitrogens with one attached hydrogen (secondary N) is 1. The average molecular weight is 670 g/mol. The minimum absolute atomic E-state index is 0.0407. The number of hydrogen-bond donors (Lipinski definition) is 1. The van der Waals surface area contributed by atoms with Gasteiger partial charge in [-0.2, -0.15) is 0 Å². The molecule has 0 bridgehead atoms. The molecule has 2 aliphatic carbocycles. The molecule has 3 aromatic carbocycles. The molecule has 49 heavy (non-hydrogen) atoms. The van der Waals surface area contributed by atoms with Gasteiger partial charge in [-0.1, -0.05) is 72.8 Å². The summed E-state index contributed by atoms with van der Waals surface area (Å²) < 4.78 is 22.4. The third-order valence-electron chi connectivity index (χ3n) is 10.2. The highest BCUT2D eigenvalue weighted by Gasteiger charge is 2.42. The summed E-state index contributed by atoms with van der Waals surface area (Å²) >= 11 is 0. The number of carbonyl (C=O) groups excluding carboxylic acids is 2. The standard InChI is InChI=1S/C40H51N3O6/c1-46-39(47-2)28-43(25-31-16-17-31)38(44)19-21-48-20-18-29-12-14-30(15-13-29)24-42-26-33-22-35(23-34(33)27-42)49-40(45)41-37-11-7-6-10-36(37)32-8-4-3-5-9-32/h3-15,31,33-35,39H,16-28H2,1-2H3,(H,41,45)/t33-,34?,35?/m1/s1. The molecule has 0 radical (unpaired) electrons. The first kappa shape index (κ1) is 35.1. The van der Waals surface area contributed by atoms with Crippen molar-refractivity contribution in [3.63, 3.8) is 0 Å². The molecule has 2 amide bonds. The fourth-order valence-electron chi connectivity index (χ4n) is 7.31. The van der Waals surface area contributed by atoms with E-state index < -0.39 is 6.29 Å². The molecule has 3 fully saturated rings. The fraction of sp³-hybridized carbons (Fsp3) is 0.500. The number of amides is 2. The summed E-state index contributed by atoms with van der Waals surface area (Å²) in [6.45, 7) is 5.22. The van der Waals surface area contributed by atoms with Crippen molar-refractivity contribution in [1.82, 2.24) is 9.80 Å². The van der Waals surface area contributed by atoms with E-state index in [9.17, 15) is 9.59 Å². The van der Waals surface area contributed by atoms with Crippen molar-refractivity contribution in [2.45, 2.75) is 57.5 Å². The minimum Gasteiger partial charge on any atom is -0.446 e. The van der Waals surface area contributed by atoms with Crippen molar-refractivity contribution in [3.8, 4) is 11.1 Å². The van der Waals surface area contributed by atoms with E-state index in [-0.39, 0.29) is 18.1 Å². The molecular weight excluding hydrogens is 618 g/mol. The summed E-state index contributed by atoms with van der Waals surface area (Å²) in [4.78, 5) is 30.1. The number of ether oxygens (including phenoxy) is 4. The number of likely N-dealkylation sites (tertiary alicyclic amines) is 1. The van der Waals surface area contributed by atoms with Crippen molar-refractivity contribution >= 4 is 17.7 Å². The van der Waals surface area contributed by atoms with Gasteiger partial charge in [-0.3, -0.25) is 15.0 Å². The van der Waals surface area contributed by atoms with Crippen molar-refractivity contribution < 1.29 is 28.5 Å². The van der Waals surface area contributed by atoms with Crippen LogP contribution in [0.5, 0.6) is 0 Å². The van der Waals surface area contributed by atoms with Crippen LogP contribution in [0.3, 0.4) is 0 Å². The second-order valence-electron chi connectivity index (χ2n) is 13.8. The van der Waals surface area contributed by atoms with E-state index in [0.717, 1.165) is 62.3 Å². The van der Waals surface area contributed by atoms with Crippen LogP contribution < -0.4 is 5.32 Å². The maximum Gasteiger partial charge on any atom is 0.411 e. The van der Waals surface area contributed by atoms with Gasteiger partial charge in [0, 0.05) is 46.0 Å². The number of para-hydroxylation sites is 1. The Morgan fingerprint density at radius 1 is 0.857 bits per heavy atom. The first-order valence-corrected chi connectivity index (χ1v) is 17.8. The first-order chi connectivity index (χ1) is 24.0. The topological polar surface area (TPSA) is 89.6 Å². The Hall–Kier alpha value is -3.76. The number of carbonyl (C=O) groups is 2. The maximum atomic E-state index is 12.9. The summed E-state index contributed by atoms with van der Waals surface area (Å²) in [7, 11) is 3.20. The van der Waals surface area contributed by atoms with E-state index >= 15 is 0 Å². The van der Waals surface area contributed by atoms with Crippen molar-refractivity contribution in [2.24, 2.45) is 17.8 Å². The van der Waals surface area contributed by atoms with Crippen LogP contribution in [0.2, 0.25) is 0 Å². The van der Waals surface area contributed by atoms with Gasteiger partial charge in [-0.15, -0.1) is 0 Å². The molecule has 2 unspecified atom stereocenters. The molecule has 1 aliphatic heterocycles. The van der Waals surface area contributed by atoms with Gasteiger partial charge in [0.2, 0.25) is 5.91 Å². The second-order valence-corrected chi connectivity index (χ2v) is 13.8. The molecule has 9 nitrogen and oxygen atoms in total. The molecule has 2 saturated carbocycles. The van der Waals surface area contributed by atoms with E-state index in [2.05, 4.69) is 34.5 Å². The first-order valence-electron chi connectivity index (χ1n) is 17.8. The highest BCUT2D eigenvalue weighted by atomic mass is 16.7. The lowest BCUT2D eigenvalue weighted by molar-refractivity contribution is -0.146. The zero-order valence-electron chi connectivity index (χ0n) is 28.9. The largest absolute Gasteiger partial charge is 0.446 e. The second kappa shape index (κ2) is 17.3. The van der Waals surface area contributed by atoms with E-state index in [1.165, 1.54) is 24.0 Å². The summed E-state index contributed by atoms with van der Waals surface area (Å²) in [5.74, 6) is 1.81. The SMILES string of the molecule is COC(CN(CC1CC1)C(=O)CCOCCc1ccc(CN2CC3CC(OC(=O)Nc4ccccc4-c4ccccc4)C[C@@H]3C2)cc1)OC. The number of nitrogens with zero attached hydrogens (tertiary/aromatic N) is 2. The van der Waals surface area contributed by atoms with E-state index in [1.54, 1.807) is 14.2 Å². The molecule has 9 heteroatoms. The van der Waals surface area contributed by atoms with Crippen molar-refractivity contribution in [3.05, 3.63) is 90.0 Å². The molecule has 0 aromatic heterocycles. The van der Waals surface area contributed by atoms with Crippen LogP contribution in [0.1, 0.15) is 43.2 Å². The van der Waals surface area contributed by atoms with Crippen LogP contribution in [0.4, 0.5) is 10.5 Å². The van der Waals surface area contributed by atoms with Crippen LogP contribution >= 0.6 is 0 Å². The number of methoxy groups -OCH3 is 2. The Bertz CT molecular complexity index is 1480. The lowest BCUT2D eigenvalue weighted by atomic mass is 10.0. The Morgan fingerprint density at radius 3 is 2.22 bits per heavy atom. The van der Waals surface area contributed by atoms with E-state index in [0.29, 0.717) is 43.9 Å². The Balaban J connectivity index is 0.871. The maximum absolute atomic E-state index is 12.9. The quantitative estimate of drug-likeness (QED) is 0.128. The highest BCUT2D eigenvalue weighted by molar-refractivity contribution is 5.91. The number of rotatable bonds is 17. The number of hydrogen-bond acceptors (Lipinski definition) is 7. The summed E-state index contributed by atoms with van der Waals surface area (Å²) in [5.41, 5.74) is 5.34. The number of fused-ring (bicyclic) bond motifs is 1. The summed E-state index contributed by atoms with van der Waals surface area (Å²) in [5, 5.41) is 2.99. The van der Waals surface area contributed by atoms with Gasteiger partial charge in [0.1, 0.15) is 6.10 Å². The van der Waals surface area contributed by atoms with Gasteiger partial charge in [-0.25, -0.2) is 4.79 Å². The normalized spacial score (nSPS) is 20.3. The molecule has 1 saturated heterocycles. The lowest BCUT2D eigenvalue weighted by Crippen LogP contribution is -2.40. The molecule has 1 N–H and O–H groups in total. The minimum atomic E-state index is -0.404. The monoisotopic (exact) mass is 669 g/mol. The Morgan fingerprint density at radius 2 is 1.53 bits per heavy atom. The fourth-order valence-corrected chi connectivity index (χ4v) is 7.31. The zero-order chi connectivity index (χ0) is 34.0. The molecule has 3 aromatic rings. The van der Waals surface area contributed by atoms with Crippen molar-refractivity contribution in [1.29, 1.82) is 0 Å². The van der Waals surface area contributed by atoms with E-state index in [1.807, 2.05) is 59.5 Å². The summed E-state index contributed by atoms with van der Waals surface area (Å²) in [6.07, 6.45) is 4.57. The molecule has 0 spiro atoms. The predicted octanol–water partition coefficient (Wildman–Crippen LogP) is 6.62. The molecule has 1 heterocycles. The van der Waals surface area contributed by atoms with Gasteiger partial charge in [0.15, 0.2) is 6.29 Å².